The van der Waals surface area contributed by atoms with E-state index in [1.54, 1.807) is 0 Å². The first-order valence-electron chi connectivity index (χ1n) is 6.53. The molecule has 1 heterocycles. The zero-order chi connectivity index (χ0) is 12.5. The predicted molar refractivity (Wildman–Crippen MR) is 64.9 cm³/mol. The minimum atomic E-state index is -0.406. The molecule has 1 atom stereocenters. The van der Waals surface area contributed by atoms with Gasteiger partial charge in [0.2, 0.25) is 0 Å². The molecule has 98 valence electrons. The monoisotopic (exact) mass is 241 g/mol. The van der Waals surface area contributed by atoms with Crippen LogP contribution in [0.3, 0.4) is 0 Å². The predicted octanol–water partition coefficient (Wildman–Crippen LogP) is 2.42. The molecule has 4 nitrogen and oxygen atoms in total. The fourth-order valence-electron chi connectivity index (χ4n) is 2.08. The summed E-state index contributed by atoms with van der Waals surface area (Å²) in [6.07, 6.45) is 3.14. The lowest BCUT2D eigenvalue weighted by atomic mass is 10.1. The maximum atomic E-state index is 12.1. The van der Waals surface area contributed by atoms with Gasteiger partial charge in [0.25, 0.3) is 0 Å². The second kappa shape index (κ2) is 4.84. The van der Waals surface area contributed by atoms with Crippen molar-refractivity contribution in [2.75, 3.05) is 19.8 Å². The second-order valence-electron chi connectivity index (χ2n) is 6.09. The van der Waals surface area contributed by atoms with Crippen molar-refractivity contribution in [3.05, 3.63) is 0 Å². The zero-order valence-corrected chi connectivity index (χ0v) is 11.1. The van der Waals surface area contributed by atoms with Gasteiger partial charge >= 0.3 is 6.09 Å². The molecule has 1 aliphatic heterocycles. The summed E-state index contributed by atoms with van der Waals surface area (Å²) in [6, 6.07) is 0.408. The third-order valence-electron chi connectivity index (χ3n) is 3.09. The highest BCUT2D eigenvalue weighted by Crippen LogP contribution is 2.30. The highest BCUT2D eigenvalue weighted by atomic mass is 16.6. The van der Waals surface area contributed by atoms with E-state index in [4.69, 9.17) is 9.47 Å². The molecule has 1 saturated carbocycles. The lowest BCUT2D eigenvalue weighted by Gasteiger charge is -2.28. The highest BCUT2D eigenvalue weighted by Gasteiger charge is 2.36. The van der Waals surface area contributed by atoms with Crippen LogP contribution in [0.4, 0.5) is 4.79 Å². The van der Waals surface area contributed by atoms with Crippen molar-refractivity contribution < 1.29 is 14.3 Å². The Morgan fingerprint density at radius 1 is 1.35 bits per heavy atom. The van der Waals surface area contributed by atoms with Crippen molar-refractivity contribution in [3.8, 4) is 0 Å². The first-order valence-corrected chi connectivity index (χ1v) is 6.53. The molecule has 0 spiro atoms. The van der Waals surface area contributed by atoms with Crippen LogP contribution < -0.4 is 0 Å². The van der Waals surface area contributed by atoms with E-state index in [1.165, 1.54) is 0 Å². The largest absolute Gasteiger partial charge is 0.444 e. The van der Waals surface area contributed by atoms with E-state index in [1.807, 2.05) is 25.7 Å². The average molecular weight is 241 g/mol. The Balaban J connectivity index is 1.89. The average Bonchev–Trinajstić information content (AvgIpc) is 2.89. The van der Waals surface area contributed by atoms with E-state index in [2.05, 4.69) is 0 Å². The van der Waals surface area contributed by atoms with Crippen molar-refractivity contribution in [1.29, 1.82) is 0 Å². The fourth-order valence-corrected chi connectivity index (χ4v) is 2.08. The molecule has 1 amide bonds. The minimum Gasteiger partial charge on any atom is -0.444 e. The Morgan fingerprint density at radius 2 is 2.06 bits per heavy atom. The van der Waals surface area contributed by atoms with Gasteiger partial charge in [0.1, 0.15) is 5.60 Å². The van der Waals surface area contributed by atoms with Crippen LogP contribution in [0.2, 0.25) is 0 Å². The van der Waals surface area contributed by atoms with Crippen LogP contribution in [0, 0.1) is 5.92 Å². The number of ether oxygens (including phenoxy) is 2. The normalized spacial score (nSPS) is 24.8. The summed E-state index contributed by atoms with van der Waals surface area (Å²) in [7, 11) is 0. The Bertz CT molecular complexity index is 275. The van der Waals surface area contributed by atoms with Crippen LogP contribution in [-0.2, 0) is 9.47 Å². The minimum absolute atomic E-state index is 0.160. The summed E-state index contributed by atoms with van der Waals surface area (Å²) in [5.41, 5.74) is -0.406. The van der Waals surface area contributed by atoms with Crippen molar-refractivity contribution in [2.24, 2.45) is 5.92 Å². The van der Waals surface area contributed by atoms with Gasteiger partial charge in [-0.25, -0.2) is 4.79 Å². The van der Waals surface area contributed by atoms with Gasteiger partial charge < -0.3 is 14.4 Å². The van der Waals surface area contributed by atoms with Gasteiger partial charge in [0.05, 0.1) is 6.61 Å². The summed E-state index contributed by atoms with van der Waals surface area (Å²) >= 11 is 0. The molecule has 4 heteroatoms. The standard InChI is InChI=1S/C13H23NO3/c1-13(2,3)17-12(15)14(11-4-5-11)8-10-6-7-16-9-10/h10-11H,4-9H2,1-3H3. The summed E-state index contributed by atoms with van der Waals surface area (Å²) in [5, 5.41) is 0. The first kappa shape index (κ1) is 12.7. The fraction of sp³-hybridized carbons (Fsp3) is 0.923. The van der Waals surface area contributed by atoms with E-state index < -0.39 is 5.60 Å². The molecule has 1 unspecified atom stereocenters. The molecule has 2 aliphatic rings. The molecule has 1 saturated heterocycles. The van der Waals surface area contributed by atoms with Crippen molar-refractivity contribution >= 4 is 6.09 Å². The van der Waals surface area contributed by atoms with Crippen LogP contribution in [0.15, 0.2) is 0 Å². The van der Waals surface area contributed by atoms with Crippen molar-refractivity contribution in [1.82, 2.24) is 4.90 Å². The SMILES string of the molecule is CC(C)(C)OC(=O)N(CC1CCOC1)C1CC1. The van der Waals surface area contributed by atoms with Crippen molar-refractivity contribution in [3.63, 3.8) is 0 Å². The van der Waals surface area contributed by atoms with Crippen LogP contribution in [0.5, 0.6) is 0 Å². The number of hydrogen-bond donors (Lipinski definition) is 0. The summed E-state index contributed by atoms with van der Waals surface area (Å²) in [6.45, 7) is 8.14. The van der Waals surface area contributed by atoms with Crippen LogP contribution in [0.1, 0.15) is 40.0 Å². The number of carbonyl (C=O) groups is 1. The molecule has 1 aliphatic carbocycles. The number of rotatable bonds is 3. The molecule has 0 aromatic heterocycles. The lowest BCUT2D eigenvalue weighted by molar-refractivity contribution is 0.0199. The maximum absolute atomic E-state index is 12.1. The smallest absolute Gasteiger partial charge is 0.410 e. The summed E-state index contributed by atoms with van der Waals surface area (Å²) in [5.74, 6) is 0.489. The van der Waals surface area contributed by atoms with Gasteiger partial charge in [-0.2, -0.15) is 0 Å². The van der Waals surface area contributed by atoms with E-state index in [0.29, 0.717) is 12.0 Å². The molecule has 0 bridgehead atoms. The number of carbonyl (C=O) groups excluding carboxylic acids is 1. The van der Waals surface area contributed by atoms with Crippen molar-refractivity contribution in [2.45, 2.75) is 51.7 Å². The van der Waals surface area contributed by atoms with Gasteiger partial charge in [-0.15, -0.1) is 0 Å². The third kappa shape index (κ3) is 3.87. The third-order valence-corrected chi connectivity index (χ3v) is 3.09. The highest BCUT2D eigenvalue weighted by molar-refractivity contribution is 5.69. The number of nitrogens with zero attached hydrogens (tertiary/aromatic N) is 1. The number of hydrogen-bond acceptors (Lipinski definition) is 3. The van der Waals surface area contributed by atoms with E-state index in [0.717, 1.165) is 39.0 Å². The molecule has 0 aromatic carbocycles. The zero-order valence-electron chi connectivity index (χ0n) is 11.1. The number of amides is 1. The Kier molecular flexibility index (Phi) is 3.61. The van der Waals surface area contributed by atoms with Gasteiger partial charge in [-0.1, -0.05) is 0 Å². The van der Waals surface area contributed by atoms with E-state index >= 15 is 0 Å². The van der Waals surface area contributed by atoms with E-state index in [-0.39, 0.29) is 6.09 Å². The van der Waals surface area contributed by atoms with Gasteiger partial charge in [0.15, 0.2) is 0 Å². The van der Waals surface area contributed by atoms with Gasteiger partial charge in [-0.3, -0.25) is 0 Å². The molecular weight excluding hydrogens is 218 g/mol. The van der Waals surface area contributed by atoms with Crippen LogP contribution in [-0.4, -0.2) is 42.4 Å². The molecule has 17 heavy (non-hydrogen) atoms. The summed E-state index contributed by atoms with van der Waals surface area (Å²) < 4.78 is 10.8. The van der Waals surface area contributed by atoms with Crippen LogP contribution >= 0.6 is 0 Å². The van der Waals surface area contributed by atoms with Crippen LogP contribution in [0.25, 0.3) is 0 Å². The first-order chi connectivity index (χ1) is 7.96. The Labute approximate surface area is 103 Å². The molecule has 0 aromatic rings. The topological polar surface area (TPSA) is 38.8 Å². The molecule has 2 rings (SSSR count). The van der Waals surface area contributed by atoms with Gasteiger partial charge in [0, 0.05) is 25.1 Å². The quantitative estimate of drug-likeness (QED) is 0.761. The molecular formula is C13H23NO3. The van der Waals surface area contributed by atoms with E-state index in [9.17, 15) is 4.79 Å². The molecule has 0 N–H and O–H groups in total. The Morgan fingerprint density at radius 3 is 2.53 bits per heavy atom. The maximum Gasteiger partial charge on any atom is 0.410 e. The molecule has 2 fully saturated rings. The summed E-state index contributed by atoms with van der Waals surface area (Å²) in [4.78, 5) is 14.0. The molecule has 0 radical (unpaired) electrons. The Hall–Kier alpha value is -0.770. The lowest BCUT2D eigenvalue weighted by Crippen LogP contribution is -2.41. The van der Waals surface area contributed by atoms with Gasteiger partial charge in [-0.05, 0) is 40.0 Å². The second-order valence-corrected chi connectivity index (χ2v) is 6.09.